The third kappa shape index (κ3) is 1.45. The van der Waals surface area contributed by atoms with Crippen molar-refractivity contribution >= 4 is 6.09 Å². The number of nitrogens with two attached hydrogens (primary N) is 1. The van der Waals surface area contributed by atoms with Gasteiger partial charge in [-0.15, -0.1) is 0 Å². The van der Waals surface area contributed by atoms with E-state index < -0.39 is 0 Å². The lowest BCUT2D eigenvalue weighted by atomic mass is 10.2. The Balaban J connectivity index is 2.63. The minimum atomic E-state index is -0.240. The monoisotopic (exact) mass is 158 g/mol. The van der Waals surface area contributed by atoms with Crippen LogP contribution in [0, 0.1) is 0 Å². The van der Waals surface area contributed by atoms with Gasteiger partial charge in [-0.2, -0.15) is 0 Å². The van der Waals surface area contributed by atoms with Gasteiger partial charge in [0.15, 0.2) is 0 Å². The van der Waals surface area contributed by atoms with Crippen LogP contribution in [0.3, 0.4) is 0 Å². The van der Waals surface area contributed by atoms with Crippen LogP contribution in [0.1, 0.15) is 13.8 Å². The van der Waals surface area contributed by atoms with Crippen molar-refractivity contribution in [3.63, 3.8) is 0 Å². The molecule has 0 aromatic heterocycles. The Hall–Kier alpha value is -0.770. The Kier molecular flexibility index (Phi) is 2.34. The van der Waals surface area contributed by atoms with Crippen LogP contribution >= 0.6 is 0 Å². The van der Waals surface area contributed by atoms with E-state index in [9.17, 15) is 4.79 Å². The molecule has 0 aromatic rings. The summed E-state index contributed by atoms with van der Waals surface area (Å²) in [6, 6.07) is 0.251. The van der Waals surface area contributed by atoms with E-state index >= 15 is 0 Å². The maximum Gasteiger partial charge on any atom is 0.410 e. The van der Waals surface area contributed by atoms with Crippen molar-refractivity contribution in [3.8, 4) is 0 Å². The predicted octanol–water partition coefficient (Wildman–Crippen LogP) is 0.174. The summed E-state index contributed by atoms with van der Waals surface area (Å²) < 4.78 is 4.84. The average molecular weight is 158 g/mol. The van der Waals surface area contributed by atoms with Gasteiger partial charge in [0.2, 0.25) is 0 Å². The van der Waals surface area contributed by atoms with Crippen molar-refractivity contribution in [1.29, 1.82) is 0 Å². The van der Waals surface area contributed by atoms with Gasteiger partial charge in [-0.25, -0.2) is 4.79 Å². The van der Waals surface area contributed by atoms with Crippen molar-refractivity contribution in [2.75, 3.05) is 13.2 Å². The molecule has 0 bridgehead atoms. The van der Waals surface area contributed by atoms with E-state index in [0.29, 0.717) is 13.2 Å². The Morgan fingerprint density at radius 3 is 2.82 bits per heavy atom. The summed E-state index contributed by atoms with van der Waals surface area (Å²) in [5.41, 5.74) is 5.45. The fourth-order valence-corrected chi connectivity index (χ4v) is 1.29. The largest absolute Gasteiger partial charge is 0.447 e. The number of hydrogen-bond acceptors (Lipinski definition) is 3. The van der Waals surface area contributed by atoms with Crippen LogP contribution in [0.15, 0.2) is 0 Å². The zero-order valence-electron chi connectivity index (χ0n) is 6.91. The van der Waals surface area contributed by atoms with Crippen LogP contribution in [0.2, 0.25) is 0 Å². The first-order chi connectivity index (χ1) is 5.16. The number of carbonyl (C=O) groups is 1. The Labute approximate surface area is 66.3 Å². The molecule has 2 N–H and O–H groups in total. The van der Waals surface area contributed by atoms with E-state index in [-0.39, 0.29) is 18.2 Å². The van der Waals surface area contributed by atoms with Gasteiger partial charge in [0.25, 0.3) is 0 Å². The highest BCUT2D eigenvalue weighted by Gasteiger charge is 2.33. The molecule has 4 nitrogen and oxygen atoms in total. The quantitative estimate of drug-likeness (QED) is 0.623. The summed E-state index contributed by atoms with van der Waals surface area (Å²) in [6.07, 6.45) is -0.240. The smallest absolute Gasteiger partial charge is 0.410 e. The van der Waals surface area contributed by atoms with Crippen molar-refractivity contribution in [1.82, 2.24) is 4.90 Å². The van der Waals surface area contributed by atoms with E-state index in [1.807, 2.05) is 13.8 Å². The summed E-state index contributed by atoms with van der Waals surface area (Å²) >= 11 is 0. The first kappa shape index (κ1) is 8.33. The normalized spacial score (nSPS) is 24.5. The van der Waals surface area contributed by atoms with Crippen LogP contribution in [-0.2, 0) is 4.74 Å². The second-order valence-corrected chi connectivity index (χ2v) is 2.97. The number of carbonyl (C=O) groups excluding carboxylic acids is 1. The summed E-state index contributed by atoms with van der Waals surface area (Å²) in [6.45, 7) is 4.82. The summed E-state index contributed by atoms with van der Waals surface area (Å²) in [5, 5.41) is 0. The Bertz CT molecular complexity index is 159. The van der Waals surface area contributed by atoms with Gasteiger partial charge in [0.1, 0.15) is 6.61 Å². The van der Waals surface area contributed by atoms with E-state index in [0.717, 1.165) is 0 Å². The number of rotatable bonds is 2. The van der Waals surface area contributed by atoms with Crippen molar-refractivity contribution in [2.45, 2.75) is 25.9 Å². The SMILES string of the molecule is CC(C)N1C(=O)OCC1CN. The molecule has 1 atom stereocenters. The lowest BCUT2D eigenvalue weighted by molar-refractivity contribution is 0.150. The molecule has 0 radical (unpaired) electrons. The second kappa shape index (κ2) is 3.09. The van der Waals surface area contributed by atoms with Gasteiger partial charge < -0.3 is 10.5 Å². The molecule has 64 valence electrons. The first-order valence-electron chi connectivity index (χ1n) is 3.82. The molecule has 1 aliphatic heterocycles. The van der Waals surface area contributed by atoms with Crippen LogP contribution in [0.4, 0.5) is 4.79 Å². The second-order valence-electron chi connectivity index (χ2n) is 2.97. The molecule has 1 saturated heterocycles. The minimum Gasteiger partial charge on any atom is -0.447 e. The standard InChI is InChI=1S/C7H14N2O2/c1-5(2)9-6(3-8)4-11-7(9)10/h5-6H,3-4,8H2,1-2H3. The van der Waals surface area contributed by atoms with Crippen molar-refractivity contribution in [3.05, 3.63) is 0 Å². The molecular formula is C7H14N2O2. The van der Waals surface area contributed by atoms with E-state index in [1.165, 1.54) is 0 Å². The fourth-order valence-electron chi connectivity index (χ4n) is 1.29. The molecule has 1 unspecified atom stereocenters. The molecule has 11 heavy (non-hydrogen) atoms. The highest BCUT2D eigenvalue weighted by molar-refractivity contribution is 5.70. The summed E-state index contributed by atoms with van der Waals surface area (Å²) in [7, 11) is 0. The molecule has 4 heteroatoms. The summed E-state index contributed by atoms with van der Waals surface area (Å²) in [5.74, 6) is 0. The first-order valence-corrected chi connectivity index (χ1v) is 3.82. The third-order valence-corrected chi connectivity index (χ3v) is 1.83. The van der Waals surface area contributed by atoms with Gasteiger partial charge in [-0.05, 0) is 13.8 Å². The minimum absolute atomic E-state index is 0.0718. The number of nitrogens with zero attached hydrogens (tertiary/aromatic N) is 1. The predicted molar refractivity (Wildman–Crippen MR) is 41.2 cm³/mol. The molecule has 1 rings (SSSR count). The highest BCUT2D eigenvalue weighted by Crippen LogP contribution is 2.14. The van der Waals surface area contributed by atoms with Crippen molar-refractivity contribution < 1.29 is 9.53 Å². The fraction of sp³-hybridized carbons (Fsp3) is 0.857. The van der Waals surface area contributed by atoms with Crippen LogP contribution in [-0.4, -0.2) is 36.2 Å². The molecular weight excluding hydrogens is 144 g/mol. The van der Waals surface area contributed by atoms with Gasteiger partial charge >= 0.3 is 6.09 Å². The molecule has 0 spiro atoms. The molecule has 1 aliphatic rings. The zero-order chi connectivity index (χ0) is 8.43. The van der Waals surface area contributed by atoms with Crippen LogP contribution in [0.5, 0.6) is 0 Å². The highest BCUT2D eigenvalue weighted by atomic mass is 16.6. The maximum atomic E-state index is 11.0. The Morgan fingerprint density at radius 1 is 1.82 bits per heavy atom. The number of cyclic esters (lactones) is 1. The average Bonchev–Trinajstić information content (AvgIpc) is 2.30. The van der Waals surface area contributed by atoms with Gasteiger partial charge in [-0.1, -0.05) is 0 Å². The van der Waals surface area contributed by atoms with Crippen LogP contribution < -0.4 is 5.73 Å². The number of hydrogen-bond donors (Lipinski definition) is 1. The lowest BCUT2D eigenvalue weighted by Gasteiger charge is -2.23. The topological polar surface area (TPSA) is 55.6 Å². The maximum absolute atomic E-state index is 11.0. The molecule has 1 amide bonds. The van der Waals surface area contributed by atoms with Crippen molar-refractivity contribution in [2.24, 2.45) is 5.73 Å². The zero-order valence-corrected chi connectivity index (χ0v) is 6.91. The molecule has 1 fully saturated rings. The Morgan fingerprint density at radius 2 is 2.45 bits per heavy atom. The van der Waals surface area contributed by atoms with E-state index in [1.54, 1.807) is 4.90 Å². The molecule has 1 heterocycles. The molecule has 0 aromatic carbocycles. The van der Waals surface area contributed by atoms with E-state index in [4.69, 9.17) is 10.5 Å². The van der Waals surface area contributed by atoms with Gasteiger partial charge in [0.05, 0.1) is 6.04 Å². The summed E-state index contributed by atoms with van der Waals surface area (Å²) in [4.78, 5) is 12.7. The van der Waals surface area contributed by atoms with Gasteiger partial charge in [0, 0.05) is 12.6 Å². The molecule has 0 saturated carbocycles. The van der Waals surface area contributed by atoms with Gasteiger partial charge in [-0.3, -0.25) is 4.90 Å². The van der Waals surface area contributed by atoms with E-state index in [2.05, 4.69) is 0 Å². The van der Waals surface area contributed by atoms with Crippen LogP contribution in [0.25, 0.3) is 0 Å². The third-order valence-electron chi connectivity index (χ3n) is 1.83. The lowest BCUT2D eigenvalue weighted by Crippen LogP contribution is -2.43. The number of ether oxygens (including phenoxy) is 1. The molecule has 0 aliphatic carbocycles. The number of amides is 1.